The van der Waals surface area contributed by atoms with E-state index in [1.54, 1.807) is 0 Å². The number of carbonyl (C=O) groups is 1. The fourth-order valence-electron chi connectivity index (χ4n) is 1.26. The molecule has 0 aliphatic carbocycles. The minimum atomic E-state index is -0.134. The monoisotopic (exact) mass is 198 g/mol. The van der Waals surface area contributed by atoms with Crippen molar-refractivity contribution in [1.82, 2.24) is 0 Å². The quantitative estimate of drug-likeness (QED) is 0.356. The predicted octanol–water partition coefficient (Wildman–Crippen LogP) is 3.47. The number of esters is 1. The largest absolute Gasteiger partial charge is 0.463 e. The van der Waals surface area contributed by atoms with E-state index in [1.807, 2.05) is 13.0 Å². The molecule has 0 saturated heterocycles. The normalized spacial score (nSPS) is 11.5. The van der Waals surface area contributed by atoms with Gasteiger partial charge in [-0.1, -0.05) is 39.2 Å². The second kappa shape index (κ2) is 8.79. The van der Waals surface area contributed by atoms with Crippen molar-refractivity contribution in [2.45, 2.75) is 52.9 Å². The van der Waals surface area contributed by atoms with Gasteiger partial charge in [0.15, 0.2) is 0 Å². The second-order valence-corrected chi connectivity index (χ2v) is 3.34. The van der Waals surface area contributed by atoms with Crippen molar-refractivity contribution in [3.8, 4) is 0 Å². The van der Waals surface area contributed by atoms with Gasteiger partial charge in [0, 0.05) is 5.57 Å². The second-order valence-electron chi connectivity index (χ2n) is 3.34. The van der Waals surface area contributed by atoms with E-state index in [0.29, 0.717) is 6.61 Å². The van der Waals surface area contributed by atoms with E-state index in [1.165, 1.54) is 6.42 Å². The van der Waals surface area contributed by atoms with Crippen LogP contribution < -0.4 is 0 Å². The minimum absolute atomic E-state index is 0.134. The van der Waals surface area contributed by atoms with Crippen LogP contribution in [0.25, 0.3) is 0 Å². The zero-order valence-electron chi connectivity index (χ0n) is 9.64. The smallest absolute Gasteiger partial charge is 0.333 e. The van der Waals surface area contributed by atoms with Crippen LogP contribution in [0.3, 0.4) is 0 Å². The molecule has 0 aromatic heterocycles. The molecule has 0 heterocycles. The van der Waals surface area contributed by atoms with Crippen LogP contribution in [0.4, 0.5) is 0 Å². The molecular weight excluding hydrogens is 176 g/mol. The van der Waals surface area contributed by atoms with Gasteiger partial charge in [0.25, 0.3) is 0 Å². The van der Waals surface area contributed by atoms with Gasteiger partial charge in [-0.3, -0.25) is 0 Å². The summed E-state index contributed by atoms with van der Waals surface area (Å²) in [5, 5.41) is 0. The van der Waals surface area contributed by atoms with E-state index in [4.69, 9.17) is 4.74 Å². The maximum atomic E-state index is 11.4. The molecule has 2 heteroatoms. The highest BCUT2D eigenvalue weighted by molar-refractivity contribution is 5.88. The predicted molar refractivity (Wildman–Crippen MR) is 59.1 cm³/mol. The lowest BCUT2D eigenvalue weighted by Crippen LogP contribution is -2.07. The lowest BCUT2D eigenvalue weighted by atomic mass is 10.1. The summed E-state index contributed by atoms with van der Waals surface area (Å²) in [5.74, 6) is -0.134. The van der Waals surface area contributed by atoms with Crippen LogP contribution in [0.2, 0.25) is 0 Å². The molecule has 14 heavy (non-hydrogen) atoms. The van der Waals surface area contributed by atoms with Crippen LogP contribution in [0, 0.1) is 0 Å². The molecule has 0 N–H and O–H groups in total. The maximum Gasteiger partial charge on any atom is 0.333 e. The zero-order valence-corrected chi connectivity index (χ0v) is 9.64. The van der Waals surface area contributed by atoms with Crippen molar-refractivity contribution in [3.63, 3.8) is 0 Å². The number of hydrogen-bond donors (Lipinski definition) is 0. The summed E-state index contributed by atoms with van der Waals surface area (Å²) in [7, 11) is 0. The molecule has 0 spiro atoms. The summed E-state index contributed by atoms with van der Waals surface area (Å²) < 4.78 is 4.98. The number of hydrogen-bond acceptors (Lipinski definition) is 2. The van der Waals surface area contributed by atoms with Gasteiger partial charge in [0.05, 0.1) is 6.61 Å². The molecule has 0 aliphatic rings. The molecule has 0 amide bonds. The van der Waals surface area contributed by atoms with Crippen molar-refractivity contribution in [3.05, 3.63) is 11.6 Å². The van der Waals surface area contributed by atoms with E-state index < -0.39 is 0 Å². The standard InChI is InChI=1S/C12H22O2/c1-4-7-8-10-11(9-5-2)12(13)14-6-3/h10H,4-9H2,1-3H3/b11-10-. The number of ether oxygens (including phenoxy) is 1. The van der Waals surface area contributed by atoms with Crippen molar-refractivity contribution >= 4 is 5.97 Å². The highest BCUT2D eigenvalue weighted by atomic mass is 16.5. The van der Waals surface area contributed by atoms with Crippen molar-refractivity contribution in [2.75, 3.05) is 6.61 Å². The first-order valence-corrected chi connectivity index (χ1v) is 5.62. The lowest BCUT2D eigenvalue weighted by Gasteiger charge is -2.05. The molecule has 0 saturated carbocycles. The Morgan fingerprint density at radius 1 is 1.21 bits per heavy atom. The molecule has 0 atom stereocenters. The van der Waals surface area contributed by atoms with Gasteiger partial charge in [-0.2, -0.15) is 0 Å². The van der Waals surface area contributed by atoms with Crippen LogP contribution in [-0.4, -0.2) is 12.6 Å². The molecule has 2 nitrogen and oxygen atoms in total. The van der Waals surface area contributed by atoms with Crippen LogP contribution >= 0.6 is 0 Å². The minimum Gasteiger partial charge on any atom is -0.463 e. The van der Waals surface area contributed by atoms with Gasteiger partial charge in [0.2, 0.25) is 0 Å². The Labute approximate surface area is 87.3 Å². The Morgan fingerprint density at radius 2 is 1.93 bits per heavy atom. The van der Waals surface area contributed by atoms with Crippen molar-refractivity contribution in [1.29, 1.82) is 0 Å². The van der Waals surface area contributed by atoms with Crippen LogP contribution in [-0.2, 0) is 9.53 Å². The van der Waals surface area contributed by atoms with Crippen molar-refractivity contribution < 1.29 is 9.53 Å². The molecule has 0 aromatic carbocycles. The Hall–Kier alpha value is -0.790. The van der Waals surface area contributed by atoms with E-state index in [9.17, 15) is 4.79 Å². The number of carbonyl (C=O) groups excluding carboxylic acids is 1. The number of allylic oxidation sites excluding steroid dienone is 1. The Kier molecular flexibility index (Phi) is 8.30. The summed E-state index contributed by atoms with van der Waals surface area (Å²) in [6.45, 7) is 6.53. The van der Waals surface area contributed by atoms with E-state index in [2.05, 4.69) is 13.8 Å². The third-order valence-corrected chi connectivity index (χ3v) is 2.01. The van der Waals surface area contributed by atoms with Crippen LogP contribution in [0.1, 0.15) is 52.9 Å². The molecular formula is C12H22O2. The van der Waals surface area contributed by atoms with Crippen LogP contribution in [0.15, 0.2) is 11.6 Å². The highest BCUT2D eigenvalue weighted by Crippen LogP contribution is 2.10. The van der Waals surface area contributed by atoms with Gasteiger partial charge in [-0.25, -0.2) is 4.79 Å². The first-order chi connectivity index (χ1) is 6.76. The van der Waals surface area contributed by atoms with Crippen LogP contribution in [0.5, 0.6) is 0 Å². The number of rotatable bonds is 7. The fraction of sp³-hybridized carbons (Fsp3) is 0.750. The summed E-state index contributed by atoms with van der Waals surface area (Å²) in [6.07, 6.45) is 7.17. The summed E-state index contributed by atoms with van der Waals surface area (Å²) in [6, 6.07) is 0. The third-order valence-electron chi connectivity index (χ3n) is 2.01. The van der Waals surface area contributed by atoms with Gasteiger partial charge >= 0.3 is 5.97 Å². The van der Waals surface area contributed by atoms with Gasteiger partial charge in [-0.05, 0) is 19.8 Å². The van der Waals surface area contributed by atoms with Gasteiger partial charge < -0.3 is 4.74 Å². The molecule has 0 rings (SSSR count). The van der Waals surface area contributed by atoms with E-state index in [-0.39, 0.29) is 5.97 Å². The molecule has 0 aromatic rings. The molecule has 0 unspecified atom stereocenters. The molecule has 0 bridgehead atoms. The fourth-order valence-corrected chi connectivity index (χ4v) is 1.26. The molecule has 0 fully saturated rings. The third kappa shape index (κ3) is 5.79. The number of unbranched alkanes of at least 4 members (excludes halogenated alkanes) is 2. The first-order valence-electron chi connectivity index (χ1n) is 5.62. The van der Waals surface area contributed by atoms with Gasteiger partial charge in [-0.15, -0.1) is 0 Å². The van der Waals surface area contributed by atoms with Gasteiger partial charge in [0.1, 0.15) is 0 Å². The first kappa shape index (κ1) is 13.2. The molecule has 0 aliphatic heterocycles. The Bertz CT molecular complexity index is 183. The summed E-state index contributed by atoms with van der Waals surface area (Å²) >= 11 is 0. The maximum absolute atomic E-state index is 11.4. The summed E-state index contributed by atoms with van der Waals surface area (Å²) in [5.41, 5.74) is 0.850. The topological polar surface area (TPSA) is 26.3 Å². The molecule has 82 valence electrons. The lowest BCUT2D eigenvalue weighted by molar-refractivity contribution is -0.138. The molecule has 0 radical (unpaired) electrons. The highest BCUT2D eigenvalue weighted by Gasteiger charge is 2.08. The average Bonchev–Trinajstić information content (AvgIpc) is 2.17. The average molecular weight is 198 g/mol. The Balaban J connectivity index is 4.11. The zero-order chi connectivity index (χ0) is 10.8. The summed E-state index contributed by atoms with van der Waals surface area (Å²) in [4.78, 5) is 11.4. The SMILES string of the molecule is CCCC/C=C(/CCC)C(=O)OCC. The van der Waals surface area contributed by atoms with Crippen molar-refractivity contribution in [2.24, 2.45) is 0 Å². The Morgan fingerprint density at radius 3 is 2.43 bits per heavy atom. The van der Waals surface area contributed by atoms with E-state index in [0.717, 1.165) is 31.3 Å². The van der Waals surface area contributed by atoms with E-state index >= 15 is 0 Å².